The Balaban J connectivity index is 1.67. The summed E-state index contributed by atoms with van der Waals surface area (Å²) in [5.41, 5.74) is 5.55. The van der Waals surface area contributed by atoms with Crippen LogP contribution in [0.2, 0.25) is 5.02 Å². The molecule has 22 heavy (non-hydrogen) atoms. The van der Waals surface area contributed by atoms with E-state index in [0.29, 0.717) is 18.2 Å². The smallest absolute Gasteiger partial charge is 0.226 e. The summed E-state index contributed by atoms with van der Waals surface area (Å²) in [6, 6.07) is 7.38. The van der Waals surface area contributed by atoms with Gasteiger partial charge in [0.15, 0.2) is 0 Å². The van der Waals surface area contributed by atoms with Crippen LogP contribution in [0.15, 0.2) is 24.3 Å². The minimum atomic E-state index is -0.0835. The Hall–Kier alpha value is -1.30. The van der Waals surface area contributed by atoms with Crippen LogP contribution in [0.4, 0.5) is 0 Å². The van der Waals surface area contributed by atoms with Crippen LogP contribution in [-0.4, -0.2) is 61.6 Å². The van der Waals surface area contributed by atoms with Crippen LogP contribution in [0.25, 0.3) is 0 Å². The third-order valence-electron chi connectivity index (χ3n) is 3.95. The topological polar surface area (TPSA) is 58.8 Å². The number of ether oxygens (including phenoxy) is 1. The molecule has 0 spiro atoms. The minimum absolute atomic E-state index is 0.0835. The number of halogens is 1. The molecular formula is C16H24ClN3O2. The highest BCUT2D eigenvalue weighted by molar-refractivity contribution is 6.30. The van der Waals surface area contributed by atoms with Crippen LogP contribution < -0.4 is 10.5 Å². The van der Waals surface area contributed by atoms with Gasteiger partial charge in [-0.1, -0.05) is 18.5 Å². The number of nitrogens with two attached hydrogens (primary N) is 1. The lowest BCUT2D eigenvalue weighted by atomic mass is 10.1. The van der Waals surface area contributed by atoms with Gasteiger partial charge in [-0.25, -0.2) is 0 Å². The molecule has 1 unspecified atom stereocenters. The van der Waals surface area contributed by atoms with Gasteiger partial charge < -0.3 is 15.4 Å². The van der Waals surface area contributed by atoms with E-state index in [4.69, 9.17) is 22.1 Å². The first kappa shape index (κ1) is 17.1. The van der Waals surface area contributed by atoms with Gasteiger partial charge in [0.25, 0.3) is 0 Å². The first-order chi connectivity index (χ1) is 10.6. The van der Waals surface area contributed by atoms with Crippen molar-refractivity contribution in [2.45, 2.75) is 6.92 Å². The molecule has 1 heterocycles. The Morgan fingerprint density at radius 3 is 2.50 bits per heavy atom. The normalized spacial score (nSPS) is 17.3. The molecule has 1 aromatic carbocycles. The van der Waals surface area contributed by atoms with E-state index in [1.165, 1.54) is 0 Å². The third-order valence-corrected chi connectivity index (χ3v) is 4.20. The summed E-state index contributed by atoms with van der Waals surface area (Å²) in [5.74, 6) is 0.911. The van der Waals surface area contributed by atoms with Gasteiger partial charge in [-0.2, -0.15) is 0 Å². The monoisotopic (exact) mass is 325 g/mol. The summed E-state index contributed by atoms with van der Waals surface area (Å²) in [6.07, 6.45) is 0. The van der Waals surface area contributed by atoms with E-state index in [2.05, 4.69) is 4.90 Å². The van der Waals surface area contributed by atoms with E-state index < -0.39 is 0 Å². The van der Waals surface area contributed by atoms with Gasteiger partial charge >= 0.3 is 0 Å². The van der Waals surface area contributed by atoms with E-state index >= 15 is 0 Å². The first-order valence-electron chi connectivity index (χ1n) is 7.69. The molecule has 1 saturated heterocycles. The molecule has 1 amide bonds. The summed E-state index contributed by atoms with van der Waals surface area (Å²) in [7, 11) is 0. The van der Waals surface area contributed by atoms with Crippen LogP contribution in [-0.2, 0) is 4.79 Å². The number of carbonyl (C=O) groups is 1. The van der Waals surface area contributed by atoms with Crippen LogP contribution >= 0.6 is 11.6 Å². The lowest BCUT2D eigenvalue weighted by Crippen LogP contribution is -2.51. The van der Waals surface area contributed by atoms with Crippen LogP contribution in [0.5, 0.6) is 5.75 Å². The molecule has 0 aromatic heterocycles. The summed E-state index contributed by atoms with van der Waals surface area (Å²) >= 11 is 5.84. The van der Waals surface area contributed by atoms with Crippen molar-refractivity contribution in [3.8, 4) is 5.75 Å². The zero-order chi connectivity index (χ0) is 15.9. The Kier molecular flexibility index (Phi) is 6.49. The van der Waals surface area contributed by atoms with Gasteiger partial charge in [-0.3, -0.25) is 9.69 Å². The van der Waals surface area contributed by atoms with Crippen LogP contribution in [0, 0.1) is 5.92 Å². The van der Waals surface area contributed by atoms with Crippen molar-refractivity contribution in [2.24, 2.45) is 11.7 Å². The number of nitrogens with zero attached hydrogens (tertiary/aromatic N) is 2. The number of hydrogen-bond donors (Lipinski definition) is 1. The fraction of sp³-hybridized carbons (Fsp3) is 0.562. The van der Waals surface area contributed by atoms with E-state index in [9.17, 15) is 4.79 Å². The lowest BCUT2D eigenvalue weighted by molar-refractivity contribution is -0.136. The maximum Gasteiger partial charge on any atom is 0.226 e. The SMILES string of the molecule is CC(CN)C(=O)N1CCN(CCOc2ccc(Cl)cc2)CC1. The molecule has 0 saturated carbocycles. The number of piperazine rings is 1. The second-order valence-corrected chi connectivity index (χ2v) is 6.04. The first-order valence-corrected chi connectivity index (χ1v) is 8.07. The van der Waals surface area contributed by atoms with Crippen molar-refractivity contribution in [1.82, 2.24) is 9.80 Å². The molecule has 1 aliphatic heterocycles. The highest BCUT2D eigenvalue weighted by atomic mass is 35.5. The molecule has 122 valence electrons. The predicted octanol–water partition coefficient (Wildman–Crippen LogP) is 1.46. The van der Waals surface area contributed by atoms with Gasteiger partial charge in [-0.15, -0.1) is 0 Å². The Morgan fingerprint density at radius 2 is 1.91 bits per heavy atom. The maximum absolute atomic E-state index is 12.1. The molecule has 0 radical (unpaired) electrons. The summed E-state index contributed by atoms with van der Waals surface area (Å²) in [5, 5.41) is 0.708. The fourth-order valence-corrected chi connectivity index (χ4v) is 2.55. The van der Waals surface area contributed by atoms with Crippen molar-refractivity contribution in [3.63, 3.8) is 0 Å². The second kappa shape index (κ2) is 8.36. The Morgan fingerprint density at radius 1 is 1.27 bits per heavy atom. The number of benzene rings is 1. The predicted molar refractivity (Wildman–Crippen MR) is 88.2 cm³/mol. The highest BCUT2D eigenvalue weighted by Crippen LogP contribution is 2.15. The molecule has 6 heteroatoms. The molecule has 1 aromatic rings. The zero-order valence-corrected chi connectivity index (χ0v) is 13.8. The molecule has 2 N–H and O–H groups in total. The van der Waals surface area contributed by atoms with Crippen molar-refractivity contribution in [2.75, 3.05) is 45.9 Å². The van der Waals surface area contributed by atoms with Gasteiger partial charge in [0.2, 0.25) is 5.91 Å². The van der Waals surface area contributed by atoms with Crippen molar-refractivity contribution in [1.29, 1.82) is 0 Å². The number of amides is 1. The highest BCUT2D eigenvalue weighted by Gasteiger charge is 2.23. The van der Waals surface area contributed by atoms with E-state index in [1.54, 1.807) is 0 Å². The van der Waals surface area contributed by atoms with Crippen molar-refractivity contribution in [3.05, 3.63) is 29.3 Å². The lowest BCUT2D eigenvalue weighted by Gasteiger charge is -2.35. The van der Waals surface area contributed by atoms with Gasteiger partial charge in [0.05, 0.1) is 0 Å². The van der Waals surface area contributed by atoms with Crippen molar-refractivity contribution < 1.29 is 9.53 Å². The summed E-state index contributed by atoms with van der Waals surface area (Å²) in [6.45, 7) is 7.09. The largest absolute Gasteiger partial charge is 0.492 e. The van der Waals surface area contributed by atoms with E-state index in [0.717, 1.165) is 38.5 Å². The average Bonchev–Trinajstić information content (AvgIpc) is 2.56. The molecule has 2 rings (SSSR count). The minimum Gasteiger partial charge on any atom is -0.492 e. The number of rotatable bonds is 6. The third kappa shape index (κ3) is 4.87. The maximum atomic E-state index is 12.1. The molecule has 0 bridgehead atoms. The fourth-order valence-electron chi connectivity index (χ4n) is 2.43. The molecule has 5 nitrogen and oxygen atoms in total. The standard InChI is InChI=1S/C16H24ClN3O2/c1-13(12-18)16(21)20-8-6-19(7-9-20)10-11-22-15-4-2-14(17)3-5-15/h2-5,13H,6-12,18H2,1H3. The summed E-state index contributed by atoms with van der Waals surface area (Å²) in [4.78, 5) is 16.3. The Bertz CT molecular complexity index is 473. The zero-order valence-electron chi connectivity index (χ0n) is 13.0. The van der Waals surface area contributed by atoms with Gasteiger partial charge in [0, 0.05) is 50.2 Å². The number of hydrogen-bond acceptors (Lipinski definition) is 4. The van der Waals surface area contributed by atoms with E-state index in [-0.39, 0.29) is 11.8 Å². The quantitative estimate of drug-likeness (QED) is 0.860. The van der Waals surface area contributed by atoms with Crippen LogP contribution in [0.1, 0.15) is 6.92 Å². The van der Waals surface area contributed by atoms with E-state index in [1.807, 2.05) is 36.1 Å². The average molecular weight is 326 g/mol. The van der Waals surface area contributed by atoms with Gasteiger partial charge in [-0.05, 0) is 24.3 Å². The van der Waals surface area contributed by atoms with Crippen LogP contribution in [0.3, 0.4) is 0 Å². The second-order valence-electron chi connectivity index (χ2n) is 5.61. The molecular weight excluding hydrogens is 302 g/mol. The molecule has 1 atom stereocenters. The molecule has 0 aliphatic carbocycles. The molecule has 1 aliphatic rings. The van der Waals surface area contributed by atoms with Gasteiger partial charge in [0.1, 0.15) is 12.4 Å². The van der Waals surface area contributed by atoms with Crippen molar-refractivity contribution >= 4 is 17.5 Å². The molecule has 1 fully saturated rings. The summed E-state index contributed by atoms with van der Waals surface area (Å²) < 4.78 is 5.70. The Labute approximate surface area is 137 Å². The number of carbonyl (C=O) groups excluding carboxylic acids is 1.